The molecule has 0 radical (unpaired) electrons. The Labute approximate surface area is 182 Å². The van der Waals surface area contributed by atoms with E-state index in [-0.39, 0.29) is 23.0 Å². The van der Waals surface area contributed by atoms with Crippen molar-refractivity contribution in [3.05, 3.63) is 69.2 Å². The molecule has 0 aliphatic carbocycles. The van der Waals surface area contributed by atoms with Gasteiger partial charge in [0.05, 0.1) is 9.82 Å². The van der Waals surface area contributed by atoms with Crippen LogP contribution in [0.5, 0.6) is 0 Å². The Balaban J connectivity index is 1.64. The summed E-state index contributed by atoms with van der Waals surface area (Å²) in [6, 6.07) is 11.3. The molecule has 0 amide bonds. The molecule has 0 saturated carbocycles. The predicted octanol–water partition coefficient (Wildman–Crippen LogP) is 2.08. The fourth-order valence-corrected chi connectivity index (χ4v) is 5.67. The molecule has 2 N–H and O–H groups in total. The Morgan fingerprint density at radius 3 is 2.35 bits per heavy atom. The Hall–Kier alpha value is -2.94. The van der Waals surface area contributed by atoms with Crippen LogP contribution in [0.25, 0.3) is 0 Å². The maximum absolute atomic E-state index is 12.5. The summed E-state index contributed by atoms with van der Waals surface area (Å²) in [4.78, 5) is 9.92. The minimum absolute atomic E-state index is 0.0295. The van der Waals surface area contributed by atoms with Crippen LogP contribution in [0.4, 0.5) is 10.8 Å². The molecule has 0 atom stereocenters. The van der Waals surface area contributed by atoms with E-state index in [2.05, 4.69) is 19.6 Å². The van der Waals surface area contributed by atoms with Gasteiger partial charge in [0.2, 0.25) is 15.2 Å². The van der Waals surface area contributed by atoms with Gasteiger partial charge in [0, 0.05) is 19.0 Å². The first-order valence-electron chi connectivity index (χ1n) is 8.73. The first-order valence-corrected chi connectivity index (χ1v) is 12.5. The van der Waals surface area contributed by atoms with E-state index >= 15 is 0 Å². The molecule has 0 fully saturated rings. The van der Waals surface area contributed by atoms with E-state index in [0.29, 0.717) is 5.01 Å². The van der Waals surface area contributed by atoms with Gasteiger partial charge in [-0.05, 0) is 25.1 Å². The Morgan fingerprint density at radius 2 is 1.68 bits per heavy atom. The molecular formula is C17H17N5O6S3. The third-order valence-electron chi connectivity index (χ3n) is 4.00. The lowest BCUT2D eigenvalue weighted by molar-refractivity contribution is -0.387. The van der Waals surface area contributed by atoms with Crippen LogP contribution in [0.3, 0.4) is 0 Å². The lowest BCUT2D eigenvalue weighted by Gasteiger charge is -2.06. The standard InChI is InChI=1S/C17H17N5O6S3/c1-12-6-8-13(9-7-12)30(25,26)18-11-10-16-19-20-17(29-16)21-31(27,28)15-5-3-2-4-14(15)22(23)24/h2-9,18H,10-11H2,1H3,(H,20,21). The number of benzene rings is 2. The number of aromatic nitrogens is 2. The first kappa shape index (κ1) is 22.7. The second-order valence-electron chi connectivity index (χ2n) is 6.29. The highest BCUT2D eigenvalue weighted by Crippen LogP contribution is 2.26. The first-order chi connectivity index (χ1) is 14.6. The zero-order valence-electron chi connectivity index (χ0n) is 16.0. The smallest absolute Gasteiger partial charge is 0.258 e. The van der Waals surface area contributed by atoms with Gasteiger partial charge < -0.3 is 0 Å². The van der Waals surface area contributed by atoms with Crippen LogP contribution in [0.1, 0.15) is 10.6 Å². The number of hydrogen-bond donors (Lipinski definition) is 2. The highest BCUT2D eigenvalue weighted by molar-refractivity contribution is 7.93. The lowest BCUT2D eigenvalue weighted by atomic mass is 10.2. The highest BCUT2D eigenvalue weighted by Gasteiger charge is 2.26. The maximum atomic E-state index is 12.5. The molecule has 0 aliphatic rings. The Kier molecular flexibility index (Phi) is 6.64. The van der Waals surface area contributed by atoms with Crippen molar-refractivity contribution in [3.8, 4) is 0 Å². The van der Waals surface area contributed by atoms with Crippen molar-refractivity contribution in [1.82, 2.24) is 14.9 Å². The van der Waals surface area contributed by atoms with Crippen LogP contribution in [-0.2, 0) is 26.5 Å². The predicted molar refractivity (Wildman–Crippen MR) is 114 cm³/mol. The average molecular weight is 484 g/mol. The molecule has 1 aromatic heterocycles. The van der Waals surface area contributed by atoms with Crippen molar-refractivity contribution >= 4 is 42.2 Å². The molecule has 1 heterocycles. The van der Waals surface area contributed by atoms with Crippen molar-refractivity contribution in [1.29, 1.82) is 0 Å². The fraction of sp³-hybridized carbons (Fsp3) is 0.176. The average Bonchev–Trinajstić information content (AvgIpc) is 3.14. The lowest BCUT2D eigenvalue weighted by Crippen LogP contribution is -2.25. The normalized spacial score (nSPS) is 11.9. The highest BCUT2D eigenvalue weighted by atomic mass is 32.2. The summed E-state index contributed by atoms with van der Waals surface area (Å²) >= 11 is 0.900. The molecule has 31 heavy (non-hydrogen) atoms. The second kappa shape index (κ2) is 9.05. The summed E-state index contributed by atoms with van der Waals surface area (Å²) < 4.78 is 54.2. The summed E-state index contributed by atoms with van der Waals surface area (Å²) in [5.74, 6) is 0. The van der Waals surface area contributed by atoms with Gasteiger partial charge in [-0.2, -0.15) is 0 Å². The van der Waals surface area contributed by atoms with Crippen molar-refractivity contribution in [2.24, 2.45) is 0 Å². The summed E-state index contributed by atoms with van der Waals surface area (Å²) in [5.41, 5.74) is 0.369. The number of aryl methyl sites for hydroxylation is 1. The zero-order valence-corrected chi connectivity index (χ0v) is 18.5. The number of anilines is 1. The third kappa shape index (κ3) is 5.61. The SMILES string of the molecule is Cc1ccc(S(=O)(=O)NCCc2nnc(NS(=O)(=O)c3ccccc3[N+](=O)[O-])s2)cc1. The number of nitro groups is 1. The van der Waals surface area contributed by atoms with Crippen molar-refractivity contribution in [2.45, 2.75) is 23.1 Å². The topological polar surface area (TPSA) is 161 Å². The van der Waals surface area contributed by atoms with Crippen molar-refractivity contribution in [3.63, 3.8) is 0 Å². The van der Waals surface area contributed by atoms with Crippen LogP contribution in [-0.4, -0.2) is 38.5 Å². The molecule has 0 saturated heterocycles. The van der Waals surface area contributed by atoms with E-state index in [1.54, 1.807) is 12.1 Å². The third-order valence-corrected chi connectivity index (χ3v) is 7.89. The number of para-hydroxylation sites is 1. The number of nitrogens with one attached hydrogen (secondary N) is 2. The van der Waals surface area contributed by atoms with Crippen LogP contribution in [0.15, 0.2) is 58.3 Å². The van der Waals surface area contributed by atoms with Gasteiger partial charge in [-0.15, -0.1) is 10.2 Å². The van der Waals surface area contributed by atoms with Gasteiger partial charge in [-0.1, -0.05) is 41.2 Å². The van der Waals surface area contributed by atoms with E-state index in [1.165, 1.54) is 24.3 Å². The number of rotatable bonds is 9. The van der Waals surface area contributed by atoms with E-state index in [9.17, 15) is 26.9 Å². The minimum Gasteiger partial charge on any atom is -0.258 e. The number of hydrogen-bond acceptors (Lipinski definition) is 9. The van der Waals surface area contributed by atoms with E-state index in [0.717, 1.165) is 29.0 Å². The Bertz CT molecular complexity index is 1300. The molecule has 0 bridgehead atoms. The van der Waals surface area contributed by atoms with E-state index < -0.39 is 35.6 Å². The number of nitro benzene ring substituents is 1. The van der Waals surface area contributed by atoms with Crippen molar-refractivity contribution < 1.29 is 21.8 Å². The molecule has 164 valence electrons. The van der Waals surface area contributed by atoms with E-state index in [4.69, 9.17) is 0 Å². The van der Waals surface area contributed by atoms with Crippen LogP contribution < -0.4 is 9.44 Å². The summed E-state index contributed by atoms with van der Waals surface area (Å²) in [7, 11) is -7.94. The molecule has 11 nitrogen and oxygen atoms in total. The van der Waals surface area contributed by atoms with Gasteiger partial charge in [0.25, 0.3) is 15.7 Å². The van der Waals surface area contributed by atoms with Gasteiger partial charge in [0.15, 0.2) is 4.90 Å². The van der Waals surface area contributed by atoms with Gasteiger partial charge in [-0.25, -0.2) is 21.6 Å². The molecule has 0 aliphatic heterocycles. The van der Waals surface area contributed by atoms with Gasteiger partial charge >= 0.3 is 0 Å². The molecular weight excluding hydrogens is 466 g/mol. The molecule has 0 unspecified atom stereocenters. The quantitative estimate of drug-likeness (QED) is 0.345. The molecule has 3 rings (SSSR count). The zero-order chi connectivity index (χ0) is 22.6. The summed E-state index contributed by atoms with van der Waals surface area (Å²) in [5, 5.41) is 18.9. The van der Waals surface area contributed by atoms with E-state index in [1.807, 2.05) is 6.92 Å². The van der Waals surface area contributed by atoms with Crippen molar-refractivity contribution in [2.75, 3.05) is 11.3 Å². The maximum Gasteiger partial charge on any atom is 0.289 e. The largest absolute Gasteiger partial charge is 0.289 e. The molecule has 3 aromatic rings. The summed E-state index contributed by atoms with van der Waals surface area (Å²) in [6.45, 7) is 1.88. The molecule has 14 heteroatoms. The van der Waals surface area contributed by atoms with Gasteiger partial charge in [0.1, 0.15) is 5.01 Å². The molecule has 0 spiro atoms. The summed E-state index contributed by atoms with van der Waals surface area (Å²) in [6.07, 6.45) is 0.177. The Morgan fingerprint density at radius 1 is 1.00 bits per heavy atom. The van der Waals surface area contributed by atoms with Crippen LogP contribution >= 0.6 is 11.3 Å². The van der Waals surface area contributed by atoms with Crippen LogP contribution in [0, 0.1) is 17.0 Å². The molecule has 2 aromatic carbocycles. The number of nitrogens with zero attached hydrogens (tertiary/aromatic N) is 3. The fourth-order valence-electron chi connectivity index (χ4n) is 2.49. The minimum atomic E-state index is -4.25. The second-order valence-corrected chi connectivity index (χ2v) is 10.8. The van der Waals surface area contributed by atoms with Gasteiger partial charge in [-0.3, -0.25) is 14.8 Å². The monoisotopic (exact) mass is 483 g/mol. The number of sulfonamides is 2. The van der Waals surface area contributed by atoms with Crippen LogP contribution in [0.2, 0.25) is 0 Å².